The molecule has 14 heteroatoms. The lowest BCUT2D eigenvalue weighted by atomic mass is 9.97. The SMILES string of the molecule is CC/C=C\C/C=C\C/C=C\C/C=C\C/C=C\C/C=C\CCCCCCCCCCCCCCCCCCCCCCC(=O)NC(COC1OC(CO)C(OC2OC(CO)C(O)C(O)C2O)C(O)C1O)C(O)/C=C/CC/C=C/CC/C=C/CCC. The van der Waals surface area contributed by atoms with Crippen LogP contribution in [0.5, 0.6) is 0 Å². The van der Waals surface area contributed by atoms with Crippen LogP contribution >= 0.6 is 0 Å². The molecule has 0 radical (unpaired) electrons. The van der Waals surface area contributed by atoms with E-state index in [1.54, 1.807) is 6.08 Å². The molecular formula is C70H119NO13. The van der Waals surface area contributed by atoms with Gasteiger partial charge in [0.25, 0.3) is 0 Å². The number of carbonyl (C=O) groups is 1. The van der Waals surface area contributed by atoms with E-state index in [4.69, 9.17) is 18.9 Å². The molecule has 9 N–H and O–H groups in total. The van der Waals surface area contributed by atoms with Crippen LogP contribution in [0.4, 0.5) is 0 Å². The molecule has 0 aliphatic carbocycles. The lowest BCUT2D eigenvalue weighted by Crippen LogP contribution is -2.65. The number of carbonyl (C=O) groups excluding carboxylic acids is 1. The van der Waals surface area contributed by atoms with Gasteiger partial charge in [-0.2, -0.15) is 0 Å². The first-order chi connectivity index (χ1) is 41.1. The molecule has 0 spiro atoms. The fourth-order valence-electron chi connectivity index (χ4n) is 10.2. The molecule has 2 heterocycles. The minimum Gasteiger partial charge on any atom is -0.394 e. The summed E-state index contributed by atoms with van der Waals surface area (Å²) in [4.78, 5) is 13.2. The van der Waals surface area contributed by atoms with E-state index in [9.17, 15) is 45.6 Å². The van der Waals surface area contributed by atoms with Crippen molar-refractivity contribution in [1.82, 2.24) is 5.32 Å². The Kier molecular flexibility index (Phi) is 49.2. The van der Waals surface area contributed by atoms with Crippen molar-refractivity contribution in [2.75, 3.05) is 19.8 Å². The van der Waals surface area contributed by atoms with Crippen molar-refractivity contribution in [2.45, 2.75) is 306 Å². The Morgan fingerprint density at radius 2 is 0.833 bits per heavy atom. The third kappa shape index (κ3) is 38.0. The summed E-state index contributed by atoms with van der Waals surface area (Å²) in [7, 11) is 0. The summed E-state index contributed by atoms with van der Waals surface area (Å²) >= 11 is 0. The fraction of sp³-hybridized carbons (Fsp3) is 0.729. The molecule has 1 amide bonds. The van der Waals surface area contributed by atoms with Gasteiger partial charge in [0, 0.05) is 6.42 Å². The van der Waals surface area contributed by atoms with E-state index in [0.29, 0.717) is 12.8 Å². The average molecular weight is 1180 g/mol. The zero-order chi connectivity index (χ0) is 60.9. The largest absolute Gasteiger partial charge is 0.394 e. The average Bonchev–Trinajstić information content (AvgIpc) is 3.59. The van der Waals surface area contributed by atoms with Crippen molar-refractivity contribution in [3.63, 3.8) is 0 Å². The Morgan fingerprint density at radius 1 is 0.440 bits per heavy atom. The molecule has 14 nitrogen and oxygen atoms in total. The van der Waals surface area contributed by atoms with Gasteiger partial charge < -0.3 is 65.1 Å². The number of aliphatic hydroxyl groups excluding tert-OH is 8. The number of rotatable bonds is 52. The molecule has 2 saturated heterocycles. The summed E-state index contributed by atoms with van der Waals surface area (Å²) in [5.74, 6) is -0.256. The Hall–Kier alpha value is -3.35. The van der Waals surface area contributed by atoms with Crippen molar-refractivity contribution < 1.29 is 64.6 Å². The Bertz CT molecular complexity index is 1820. The molecule has 2 rings (SSSR count). The van der Waals surface area contributed by atoms with E-state index < -0.39 is 86.8 Å². The molecule has 2 fully saturated rings. The van der Waals surface area contributed by atoms with Crippen molar-refractivity contribution in [3.05, 3.63) is 109 Å². The van der Waals surface area contributed by atoms with Crippen LogP contribution in [0.15, 0.2) is 109 Å². The van der Waals surface area contributed by atoms with Gasteiger partial charge in [0.1, 0.15) is 48.8 Å². The van der Waals surface area contributed by atoms with Crippen molar-refractivity contribution in [1.29, 1.82) is 0 Å². The zero-order valence-corrected chi connectivity index (χ0v) is 52.1. The lowest BCUT2D eigenvalue weighted by molar-refractivity contribution is -0.359. The third-order valence-electron chi connectivity index (χ3n) is 15.4. The molecule has 0 aromatic carbocycles. The standard InChI is InChI=1S/C70H119NO13/c1-3-5-7-9-11-13-15-16-17-18-19-20-21-22-23-24-25-26-27-28-29-30-31-32-33-34-35-36-37-38-39-40-41-42-44-46-48-50-52-54-62(75)71-58(59(74)53-51-49-47-45-43-14-12-10-8-6-4-2)57-81-69-67(80)65(78)68(61(56-73)83-69)84-70-66(79)64(77)63(76)60(55-72)82-70/h5,7-8,10-11,13,16-17,19-20,22-23,25-26,43,45,51,53,58-61,63-70,72-74,76-80H,3-4,6,9,12,14-15,18,21,24,27-42,44,46-50,52,54-57H2,1-2H3,(H,71,75)/b7-5-,10-8+,13-11-,17-16-,20-19-,23-22-,26-25-,45-43+,53-51+. The molecule has 0 aromatic rings. The molecule has 2 aliphatic heterocycles. The van der Waals surface area contributed by atoms with Crippen LogP contribution in [0.25, 0.3) is 0 Å². The molecule has 2 aliphatic rings. The lowest BCUT2D eigenvalue weighted by Gasteiger charge is -2.46. The van der Waals surface area contributed by atoms with Crippen LogP contribution < -0.4 is 5.32 Å². The van der Waals surface area contributed by atoms with E-state index in [0.717, 1.165) is 89.9 Å². The van der Waals surface area contributed by atoms with Crippen LogP contribution in [0, 0.1) is 0 Å². The molecule has 84 heavy (non-hydrogen) atoms. The van der Waals surface area contributed by atoms with Crippen LogP contribution in [0.1, 0.15) is 232 Å². The quantitative estimate of drug-likeness (QED) is 0.0204. The number of nitrogens with one attached hydrogen (secondary N) is 1. The maximum Gasteiger partial charge on any atom is 0.220 e. The van der Waals surface area contributed by atoms with E-state index in [2.05, 4.69) is 116 Å². The monoisotopic (exact) mass is 1180 g/mol. The molecule has 0 aromatic heterocycles. The smallest absolute Gasteiger partial charge is 0.220 e. The minimum absolute atomic E-state index is 0.256. The second kappa shape index (κ2) is 53.9. The Balaban J connectivity index is 1.56. The molecular weight excluding hydrogens is 1060 g/mol. The molecule has 482 valence electrons. The second-order valence-electron chi connectivity index (χ2n) is 22.8. The maximum atomic E-state index is 13.2. The first-order valence-corrected chi connectivity index (χ1v) is 33.1. The summed E-state index contributed by atoms with van der Waals surface area (Å²) in [5.41, 5.74) is 0. The fourth-order valence-corrected chi connectivity index (χ4v) is 10.2. The highest BCUT2D eigenvalue weighted by Gasteiger charge is 2.51. The summed E-state index contributed by atoms with van der Waals surface area (Å²) in [6.07, 6.45) is 60.4. The van der Waals surface area contributed by atoms with Crippen molar-refractivity contribution >= 4 is 5.91 Å². The van der Waals surface area contributed by atoms with Gasteiger partial charge in [0.05, 0.1) is 32.0 Å². The van der Waals surface area contributed by atoms with Crippen LogP contribution in [0.3, 0.4) is 0 Å². The van der Waals surface area contributed by atoms with Crippen molar-refractivity contribution in [3.8, 4) is 0 Å². The maximum absolute atomic E-state index is 13.2. The highest BCUT2D eigenvalue weighted by molar-refractivity contribution is 5.76. The minimum atomic E-state index is -1.79. The van der Waals surface area contributed by atoms with Gasteiger partial charge in [-0.05, 0) is 89.9 Å². The van der Waals surface area contributed by atoms with Gasteiger partial charge >= 0.3 is 0 Å². The number of amides is 1. The summed E-state index contributed by atoms with van der Waals surface area (Å²) in [6.45, 7) is 2.57. The van der Waals surface area contributed by atoms with Crippen molar-refractivity contribution in [2.24, 2.45) is 0 Å². The second-order valence-corrected chi connectivity index (χ2v) is 22.8. The van der Waals surface area contributed by atoms with E-state index >= 15 is 0 Å². The highest BCUT2D eigenvalue weighted by atomic mass is 16.7. The first kappa shape index (κ1) is 76.7. The van der Waals surface area contributed by atoms with E-state index in [1.807, 2.05) is 6.08 Å². The summed E-state index contributed by atoms with van der Waals surface area (Å²) in [6, 6.07) is -0.940. The molecule has 12 unspecified atom stereocenters. The number of aliphatic hydroxyl groups is 8. The van der Waals surface area contributed by atoms with Gasteiger partial charge in [0.2, 0.25) is 5.91 Å². The normalized spacial score (nSPS) is 24.4. The Morgan fingerprint density at radius 3 is 1.30 bits per heavy atom. The number of unbranched alkanes of at least 4 members (excludes halogenated alkanes) is 23. The van der Waals surface area contributed by atoms with Crippen LogP contribution in [-0.2, 0) is 23.7 Å². The van der Waals surface area contributed by atoms with Gasteiger partial charge in [-0.25, -0.2) is 0 Å². The van der Waals surface area contributed by atoms with Crippen LogP contribution in [0.2, 0.25) is 0 Å². The van der Waals surface area contributed by atoms with Gasteiger partial charge in [-0.1, -0.05) is 245 Å². The number of hydrogen-bond acceptors (Lipinski definition) is 13. The molecule has 0 saturated carbocycles. The predicted molar refractivity (Wildman–Crippen MR) is 341 cm³/mol. The molecule has 0 bridgehead atoms. The highest BCUT2D eigenvalue weighted by Crippen LogP contribution is 2.30. The number of ether oxygens (including phenoxy) is 4. The first-order valence-electron chi connectivity index (χ1n) is 33.1. The summed E-state index contributed by atoms with van der Waals surface area (Å²) in [5, 5.41) is 87.0. The zero-order valence-electron chi connectivity index (χ0n) is 52.1. The van der Waals surface area contributed by atoms with E-state index in [1.165, 1.54) is 109 Å². The summed E-state index contributed by atoms with van der Waals surface area (Å²) < 4.78 is 22.7. The topological polar surface area (TPSA) is 228 Å². The predicted octanol–water partition coefficient (Wildman–Crippen LogP) is 12.8. The van der Waals surface area contributed by atoms with Gasteiger partial charge in [0.15, 0.2) is 12.6 Å². The van der Waals surface area contributed by atoms with E-state index in [-0.39, 0.29) is 18.9 Å². The number of hydrogen-bond donors (Lipinski definition) is 9. The van der Waals surface area contributed by atoms with Gasteiger partial charge in [-0.15, -0.1) is 0 Å². The Labute approximate surface area is 508 Å². The third-order valence-corrected chi connectivity index (χ3v) is 15.4. The number of allylic oxidation sites excluding steroid dienone is 17. The molecule has 12 atom stereocenters. The van der Waals surface area contributed by atoms with Crippen LogP contribution in [-0.4, -0.2) is 140 Å². The van der Waals surface area contributed by atoms with Gasteiger partial charge in [-0.3, -0.25) is 4.79 Å².